The van der Waals surface area contributed by atoms with Crippen LogP contribution in [0.1, 0.15) is 0 Å². The third kappa shape index (κ3) is 13.8. The van der Waals surface area contributed by atoms with Crippen LogP contribution in [0.2, 0.25) is 0 Å². The summed E-state index contributed by atoms with van der Waals surface area (Å²) in [7, 11) is 0. The molecule has 0 saturated carbocycles. The molecule has 0 aliphatic heterocycles. The SMILES string of the molecule is O=C(O)CN(CCN(CC(=O)O)CC(=O)O)CC(=O)O.[CaH2]. The molecule has 0 aromatic carbocycles. The van der Waals surface area contributed by atoms with E-state index in [-0.39, 0.29) is 50.8 Å². The Kier molecular flexibility index (Phi) is 12.4. The van der Waals surface area contributed by atoms with Gasteiger partial charge in [0.2, 0.25) is 0 Å². The summed E-state index contributed by atoms with van der Waals surface area (Å²) >= 11 is 0. The summed E-state index contributed by atoms with van der Waals surface area (Å²) in [5.74, 6) is -4.91. The van der Waals surface area contributed by atoms with Crippen molar-refractivity contribution in [3.8, 4) is 0 Å². The van der Waals surface area contributed by atoms with E-state index in [0.29, 0.717) is 0 Å². The van der Waals surface area contributed by atoms with Crippen LogP contribution in [0.5, 0.6) is 0 Å². The van der Waals surface area contributed by atoms with Crippen LogP contribution >= 0.6 is 0 Å². The zero-order valence-electron chi connectivity index (χ0n) is 10.6. The van der Waals surface area contributed by atoms with E-state index in [9.17, 15) is 19.2 Å². The van der Waals surface area contributed by atoms with E-state index in [1.165, 1.54) is 0 Å². The summed E-state index contributed by atoms with van der Waals surface area (Å²) in [6.45, 7) is -2.25. The molecule has 0 spiro atoms. The van der Waals surface area contributed by atoms with Gasteiger partial charge in [-0.3, -0.25) is 29.0 Å². The normalized spacial score (nSPS) is 10.2. The van der Waals surface area contributed by atoms with Crippen LogP contribution in [0.3, 0.4) is 0 Å². The predicted octanol–water partition coefficient (Wildman–Crippen LogP) is -2.99. The maximum atomic E-state index is 10.6. The van der Waals surface area contributed by atoms with Gasteiger partial charge in [-0.15, -0.1) is 0 Å². The predicted molar refractivity (Wildman–Crippen MR) is 72.0 cm³/mol. The van der Waals surface area contributed by atoms with Crippen LogP contribution in [0.25, 0.3) is 0 Å². The fraction of sp³-hybridized carbons (Fsp3) is 0.600. The van der Waals surface area contributed by atoms with Crippen molar-refractivity contribution < 1.29 is 39.6 Å². The van der Waals surface area contributed by atoms with E-state index in [1.807, 2.05) is 0 Å². The Hall–Kier alpha value is -0.940. The molecule has 11 heteroatoms. The molecule has 0 rings (SSSR count). The van der Waals surface area contributed by atoms with Crippen LogP contribution in [-0.2, 0) is 19.2 Å². The molecule has 0 unspecified atom stereocenters. The van der Waals surface area contributed by atoms with Crippen LogP contribution in [0.4, 0.5) is 0 Å². The van der Waals surface area contributed by atoms with Gasteiger partial charge < -0.3 is 20.4 Å². The van der Waals surface area contributed by atoms with Crippen LogP contribution in [-0.4, -0.2) is 131 Å². The molecular formula is C10H18CaN2O8. The molecule has 0 amide bonds. The van der Waals surface area contributed by atoms with E-state index >= 15 is 0 Å². The van der Waals surface area contributed by atoms with Gasteiger partial charge in [0.1, 0.15) is 0 Å². The Morgan fingerprint density at radius 1 is 0.571 bits per heavy atom. The molecule has 0 aliphatic rings. The molecule has 0 atom stereocenters. The Morgan fingerprint density at radius 3 is 0.905 bits per heavy atom. The van der Waals surface area contributed by atoms with Crippen LogP contribution in [0.15, 0.2) is 0 Å². The Morgan fingerprint density at radius 2 is 0.762 bits per heavy atom. The summed E-state index contributed by atoms with van der Waals surface area (Å²) in [5, 5.41) is 34.5. The summed E-state index contributed by atoms with van der Waals surface area (Å²) in [6.07, 6.45) is 0. The van der Waals surface area contributed by atoms with Gasteiger partial charge in [-0.2, -0.15) is 0 Å². The molecule has 21 heavy (non-hydrogen) atoms. The second kappa shape index (κ2) is 11.7. The average molecular weight is 334 g/mol. The number of aliphatic carboxylic acids is 4. The first-order valence-corrected chi connectivity index (χ1v) is 5.52. The Balaban J connectivity index is 0. The Bertz CT molecular complexity index is 321. The first-order valence-electron chi connectivity index (χ1n) is 5.52. The van der Waals surface area contributed by atoms with Gasteiger partial charge in [0.05, 0.1) is 26.2 Å². The molecule has 0 fully saturated rings. The molecule has 0 aliphatic carbocycles. The van der Waals surface area contributed by atoms with E-state index in [0.717, 1.165) is 9.80 Å². The molecule has 0 aromatic rings. The van der Waals surface area contributed by atoms with Gasteiger partial charge >= 0.3 is 61.6 Å². The minimum atomic E-state index is -1.23. The van der Waals surface area contributed by atoms with Gasteiger partial charge in [0.25, 0.3) is 0 Å². The Labute approximate surface area is 149 Å². The number of carboxylic acid groups (broad SMARTS) is 4. The fourth-order valence-electron chi connectivity index (χ4n) is 1.48. The first kappa shape index (κ1) is 22.3. The zero-order chi connectivity index (χ0) is 15.7. The van der Waals surface area contributed by atoms with Crippen molar-refractivity contribution >= 4 is 61.6 Å². The second-order valence-electron chi connectivity index (χ2n) is 4.00. The molecule has 0 saturated heterocycles. The number of rotatable bonds is 11. The topological polar surface area (TPSA) is 156 Å². The summed E-state index contributed by atoms with van der Waals surface area (Å²) in [5.41, 5.74) is 0. The van der Waals surface area contributed by atoms with Gasteiger partial charge in [-0.1, -0.05) is 0 Å². The first-order chi connectivity index (χ1) is 9.20. The second-order valence-corrected chi connectivity index (χ2v) is 4.00. The monoisotopic (exact) mass is 334 g/mol. The van der Waals surface area contributed by atoms with Crippen LogP contribution in [0, 0.1) is 0 Å². The number of carboxylic acids is 4. The van der Waals surface area contributed by atoms with Crippen molar-refractivity contribution in [2.75, 3.05) is 39.3 Å². The van der Waals surface area contributed by atoms with E-state index in [1.54, 1.807) is 0 Å². The molecule has 0 heterocycles. The van der Waals surface area contributed by atoms with Gasteiger partial charge in [0.15, 0.2) is 0 Å². The number of hydrogen-bond acceptors (Lipinski definition) is 6. The average Bonchev–Trinajstić information content (AvgIpc) is 2.22. The van der Waals surface area contributed by atoms with Crippen molar-refractivity contribution in [3.63, 3.8) is 0 Å². The van der Waals surface area contributed by atoms with Crippen molar-refractivity contribution in [1.29, 1.82) is 0 Å². The van der Waals surface area contributed by atoms with Crippen molar-refractivity contribution in [1.82, 2.24) is 9.80 Å². The van der Waals surface area contributed by atoms with E-state index < -0.39 is 50.1 Å². The van der Waals surface area contributed by atoms with Gasteiger partial charge in [-0.25, -0.2) is 0 Å². The number of carbonyl (C=O) groups is 4. The minimum absolute atomic E-state index is 0. The summed E-state index contributed by atoms with van der Waals surface area (Å²) in [6, 6.07) is 0. The molecule has 0 radical (unpaired) electrons. The maximum absolute atomic E-state index is 10.6. The van der Waals surface area contributed by atoms with E-state index in [2.05, 4.69) is 0 Å². The molecule has 0 aromatic heterocycles. The molecule has 0 bridgehead atoms. The third-order valence-electron chi connectivity index (χ3n) is 2.17. The standard InChI is InChI=1S/C10H16N2O8.Ca.2H/c13-7(14)3-11(4-8(15)16)1-2-12(5-9(17)18)6-10(19)20;;;/h1-6H2,(H,13,14)(H,15,16)(H,17,18)(H,19,20);;;. The number of nitrogens with zero attached hydrogens (tertiary/aromatic N) is 2. The quantitative estimate of drug-likeness (QED) is 0.287. The van der Waals surface area contributed by atoms with Crippen molar-refractivity contribution in [2.45, 2.75) is 0 Å². The van der Waals surface area contributed by atoms with Gasteiger partial charge in [-0.05, 0) is 0 Å². The molecule has 4 N–H and O–H groups in total. The molecular weight excluding hydrogens is 316 g/mol. The number of hydrogen-bond donors (Lipinski definition) is 4. The van der Waals surface area contributed by atoms with Crippen molar-refractivity contribution in [2.24, 2.45) is 0 Å². The van der Waals surface area contributed by atoms with Gasteiger partial charge in [0, 0.05) is 13.1 Å². The van der Waals surface area contributed by atoms with E-state index in [4.69, 9.17) is 20.4 Å². The molecule has 10 nitrogen and oxygen atoms in total. The van der Waals surface area contributed by atoms with Crippen molar-refractivity contribution in [3.05, 3.63) is 0 Å². The molecule has 118 valence electrons. The zero-order valence-corrected chi connectivity index (χ0v) is 10.6. The third-order valence-corrected chi connectivity index (χ3v) is 2.17. The summed E-state index contributed by atoms with van der Waals surface area (Å²) < 4.78 is 0. The van der Waals surface area contributed by atoms with Crippen LogP contribution < -0.4 is 0 Å². The fourth-order valence-corrected chi connectivity index (χ4v) is 1.48. The summed E-state index contributed by atoms with van der Waals surface area (Å²) in [4.78, 5) is 44.4.